The third-order valence-corrected chi connectivity index (χ3v) is 3.79. The van der Waals surface area contributed by atoms with E-state index in [9.17, 15) is 9.59 Å². The molecule has 0 aliphatic carbocycles. The van der Waals surface area contributed by atoms with Crippen LogP contribution < -0.4 is 0 Å². The zero-order valence-electron chi connectivity index (χ0n) is 14.2. The second-order valence-electron chi connectivity index (χ2n) is 5.73. The molecule has 1 rings (SSSR count). The molecule has 128 valence electrons. The lowest BCUT2D eigenvalue weighted by Gasteiger charge is -2.25. The van der Waals surface area contributed by atoms with Crippen LogP contribution >= 0.6 is 0 Å². The van der Waals surface area contributed by atoms with Gasteiger partial charge in [0.1, 0.15) is 0 Å². The van der Waals surface area contributed by atoms with E-state index in [1.165, 1.54) is 0 Å². The molecule has 0 saturated carbocycles. The monoisotopic (exact) mass is 321 g/mol. The van der Waals surface area contributed by atoms with Gasteiger partial charge in [0.05, 0.1) is 12.3 Å². The highest BCUT2D eigenvalue weighted by molar-refractivity contribution is 5.80. The number of amides is 1. The summed E-state index contributed by atoms with van der Waals surface area (Å²) in [5, 5.41) is 9.09. The highest BCUT2D eigenvalue weighted by Crippen LogP contribution is 2.11. The van der Waals surface area contributed by atoms with Crippen molar-refractivity contribution in [1.29, 1.82) is 0 Å². The van der Waals surface area contributed by atoms with Crippen LogP contribution in [-0.4, -0.2) is 48.2 Å². The Morgan fingerprint density at radius 2 is 2.00 bits per heavy atom. The van der Waals surface area contributed by atoms with Crippen molar-refractivity contribution in [2.45, 2.75) is 33.6 Å². The number of ether oxygens (including phenoxy) is 1. The second kappa shape index (κ2) is 10.0. The molecule has 0 aromatic heterocycles. The van der Waals surface area contributed by atoms with Crippen LogP contribution in [0.5, 0.6) is 0 Å². The average Bonchev–Trinajstić information content (AvgIpc) is 2.52. The molecular formula is C18H27NO4. The van der Waals surface area contributed by atoms with Crippen LogP contribution in [0.15, 0.2) is 24.3 Å². The molecule has 1 aromatic rings. The van der Waals surface area contributed by atoms with Crippen LogP contribution in [0.25, 0.3) is 0 Å². The number of carbonyl (C=O) groups is 2. The molecule has 1 unspecified atom stereocenters. The molecule has 0 spiro atoms. The number of carboxylic acid groups (broad SMARTS) is 1. The lowest BCUT2D eigenvalue weighted by molar-refractivity contribution is -0.143. The molecule has 5 nitrogen and oxygen atoms in total. The van der Waals surface area contributed by atoms with Gasteiger partial charge in [-0.1, -0.05) is 31.2 Å². The molecule has 1 N–H and O–H groups in total. The van der Waals surface area contributed by atoms with Gasteiger partial charge in [0.2, 0.25) is 5.91 Å². The summed E-state index contributed by atoms with van der Waals surface area (Å²) in [6.07, 6.45) is 1.01. The van der Waals surface area contributed by atoms with Crippen LogP contribution in [0.1, 0.15) is 31.4 Å². The molecule has 1 amide bonds. The first-order valence-corrected chi connectivity index (χ1v) is 8.08. The smallest absolute Gasteiger partial charge is 0.308 e. The summed E-state index contributed by atoms with van der Waals surface area (Å²) in [6, 6.07) is 7.76. The van der Waals surface area contributed by atoms with E-state index < -0.39 is 11.9 Å². The Bertz CT molecular complexity index is 515. The lowest BCUT2D eigenvalue weighted by atomic mass is 10.0. The lowest BCUT2D eigenvalue weighted by Crippen LogP contribution is -2.39. The van der Waals surface area contributed by atoms with E-state index in [1.54, 1.807) is 11.8 Å². The first-order chi connectivity index (χ1) is 11.0. The SMILES string of the molecule is CCOCCCN(CC(C)C(=O)O)C(=O)Cc1ccccc1C. The second-order valence-corrected chi connectivity index (χ2v) is 5.73. The number of nitrogens with zero attached hydrogens (tertiary/aromatic N) is 1. The number of hydrogen-bond donors (Lipinski definition) is 1. The van der Waals surface area contributed by atoms with Gasteiger partial charge in [0.25, 0.3) is 0 Å². The Balaban J connectivity index is 2.70. The van der Waals surface area contributed by atoms with Crippen LogP contribution in [0.4, 0.5) is 0 Å². The maximum Gasteiger partial charge on any atom is 0.308 e. The van der Waals surface area contributed by atoms with Gasteiger partial charge in [0.15, 0.2) is 0 Å². The third kappa shape index (κ3) is 6.82. The molecule has 1 aromatic carbocycles. The summed E-state index contributed by atoms with van der Waals surface area (Å²) in [5.41, 5.74) is 2.05. The quantitative estimate of drug-likeness (QED) is 0.672. The Hall–Kier alpha value is -1.88. The first kappa shape index (κ1) is 19.2. The number of carbonyl (C=O) groups excluding carboxylic acids is 1. The van der Waals surface area contributed by atoms with Crippen LogP contribution in [0, 0.1) is 12.8 Å². The minimum Gasteiger partial charge on any atom is -0.481 e. The number of hydrogen-bond acceptors (Lipinski definition) is 3. The summed E-state index contributed by atoms with van der Waals surface area (Å²) in [6.45, 7) is 7.48. The van der Waals surface area contributed by atoms with Crippen molar-refractivity contribution in [2.24, 2.45) is 5.92 Å². The predicted molar refractivity (Wildman–Crippen MR) is 89.4 cm³/mol. The molecule has 0 heterocycles. The van der Waals surface area contributed by atoms with E-state index in [2.05, 4.69) is 0 Å². The molecule has 0 bridgehead atoms. The zero-order chi connectivity index (χ0) is 17.2. The van der Waals surface area contributed by atoms with E-state index >= 15 is 0 Å². The van der Waals surface area contributed by atoms with Gasteiger partial charge in [0, 0.05) is 26.3 Å². The Kier molecular flexibility index (Phi) is 8.33. The summed E-state index contributed by atoms with van der Waals surface area (Å²) in [7, 11) is 0. The fraction of sp³-hybridized carbons (Fsp3) is 0.556. The highest BCUT2D eigenvalue weighted by atomic mass is 16.5. The standard InChI is InChI=1S/C18H27NO4/c1-4-23-11-7-10-19(13-15(3)18(21)22)17(20)12-16-9-6-5-8-14(16)2/h5-6,8-9,15H,4,7,10-13H2,1-3H3,(H,21,22). The van der Waals surface area contributed by atoms with Crippen molar-refractivity contribution in [2.75, 3.05) is 26.3 Å². The van der Waals surface area contributed by atoms with E-state index in [0.29, 0.717) is 32.6 Å². The average molecular weight is 321 g/mol. The summed E-state index contributed by atoms with van der Waals surface area (Å²) >= 11 is 0. The normalized spacial score (nSPS) is 12.0. The van der Waals surface area contributed by atoms with Gasteiger partial charge in [-0.2, -0.15) is 0 Å². The zero-order valence-corrected chi connectivity index (χ0v) is 14.2. The maximum atomic E-state index is 12.6. The van der Waals surface area contributed by atoms with Crippen LogP contribution in [0.2, 0.25) is 0 Å². The van der Waals surface area contributed by atoms with Crippen molar-refractivity contribution in [1.82, 2.24) is 4.90 Å². The molecule has 1 atom stereocenters. The van der Waals surface area contributed by atoms with E-state index in [0.717, 1.165) is 11.1 Å². The van der Waals surface area contributed by atoms with Gasteiger partial charge in [-0.15, -0.1) is 0 Å². The molecule has 0 radical (unpaired) electrons. The fourth-order valence-corrected chi connectivity index (χ4v) is 2.31. The molecule has 0 aliphatic rings. The van der Waals surface area contributed by atoms with E-state index in [-0.39, 0.29) is 12.5 Å². The Morgan fingerprint density at radius 1 is 1.30 bits per heavy atom. The molecule has 0 saturated heterocycles. The number of aryl methyl sites for hydroxylation is 1. The van der Waals surface area contributed by atoms with Gasteiger partial charge in [-0.3, -0.25) is 9.59 Å². The molecule has 5 heteroatoms. The number of aliphatic carboxylic acids is 1. The van der Waals surface area contributed by atoms with Gasteiger partial charge in [-0.05, 0) is 31.4 Å². The van der Waals surface area contributed by atoms with Crippen molar-refractivity contribution in [3.63, 3.8) is 0 Å². The number of benzene rings is 1. The van der Waals surface area contributed by atoms with Crippen LogP contribution in [0.3, 0.4) is 0 Å². The van der Waals surface area contributed by atoms with Gasteiger partial charge < -0.3 is 14.7 Å². The summed E-state index contributed by atoms with van der Waals surface area (Å²) in [5.74, 6) is -1.50. The Morgan fingerprint density at radius 3 is 2.61 bits per heavy atom. The van der Waals surface area contributed by atoms with E-state index in [4.69, 9.17) is 9.84 Å². The summed E-state index contributed by atoms with van der Waals surface area (Å²) in [4.78, 5) is 25.3. The van der Waals surface area contributed by atoms with Gasteiger partial charge >= 0.3 is 5.97 Å². The highest BCUT2D eigenvalue weighted by Gasteiger charge is 2.20. The third-order valence-electron chi connectivity index (χ3n) is 3.79. The van der Waals surface area contributed by atoms with Crippen LogP contribution in [-0.2, 0) is 20.7 Å². The minimum atomic E-state index is -0.886. The van der Waals surface area contributed by atoms with E-state index in [1.807, 2.05) is 38.1 Å². The summed E-state index contributed by atoms with van der Waals surface area (Å²) < 4.78 is 5.30. The molecule has 0 aliphatic heterocycles. The fourth-order valence-electron chi connectivity index (χ4n) is 2.31. The first-order valence-electron chi connectivity index (χ1n) is 8.08. The minimum absolute atomic E-state index is 0.0381. The largest absolute Gasteiger partial charge is 0.481 e. The molecule has 23 heavy (non-hydrogen) atoms. The molecule has 0 fully saturated rings. The number of rotatable bonds is 10. The topological polar surface area (TPSA) is 66.8 Å². The van der Waals surface area contributed by atoms with Crippen molar-refractivity contribution < 1.29 is 19.4 Å². The predicted octanol–water partition coefficient (Wildman–Crippen LogP) is 2.51. The van der Waals surface area contributed by atoms with Crippen molar-refractivity contribution in [3.05, 3.63) is 35.4 Å². The maximum absolute atomic E-state index is 12.6. The Labute approximate surface area is 138 Å². The number of carboxylic acids is 1. The van der Waals surface area contributed by atoms with Crippen molar-refractivity contribution >= 4 is 11.9 Å². The van der Waals surface area contributed by atoms with Crippen molar-refractivity contribution in [3.8, 4) is 0 Å². The van der Waals surface area contributed by atoms with Gasteiger partial charge in [-0.25, -0.2) is 0 Å². The molecular weight excluding hydrogens is 294 g/mol.